The van der Waals surface area contributed by atoms with Crippen molar-refractivity contribution in [3.63, 3.8) is 0 Å². The van der Waals surface area contributed by atoms with Crippen molar-refractivity contribution >= 4 is 22.1 Å². The van der Waals surface area contributed by atoms with Crippen LogP contribution in [-0.2, 0) is 16.4 Å². The molecule has 0 N–H and O–H groups in total. The van der Waals surface area contributed by atoms with E-state index < -0.39 is 44.0 Å². The molecular formula is C11H10F3N3O4S. The number of rotatable bonds is 2. The molecule has 0 radical (unpaired) electrons. The molecule has 0 amide bonds. The molecule has 11 heteroatoms. The third-order valence-corrected chi connectivity index (χ3v) is 4.36. The molecule has 1 aromatic rings. The molecule has 120 valence electrons. The number of nitro groups is 1. The minimum atomic E-state index is -4.97. The lowest BCUT2D eigenvalue weighted by atomic mass is 10.1. The maximum Gasteiger partial charge on any atom is 0.418 e. The molecule has 0 saturated heterocycles. The number of nitrogens with zero attached hydrogens (tertiary/aromatic N) is 3. The number of benzene rings is 1. The van der Waals surface area contributed by atoms with E-state index in [0.717, 1.165) is 16.6 Å². The lowest BCUT2D eigenvalue weighted by Gasteiger charge is -2.24. The average Bonchev–Trinajstić information content (AvgIpc) is 2.33. The molecule has 22 heavy (non-hydrogen) atoms. The van der Waals surface area contributed by atoms with Crippen molar-refractivity contribution in [1.29, 1.82) is 0 Å². The molecule has 0 bridgehead atoms. The van der Waals surface area contributed by atoms with Crippen molar-refractivity contribution in [2.24, 2.45) is 4.40 Å². The summed E-state index contributed by atoms with van der Waals surface area (Å²) in [5.41, 5.74) is -2.25. The number of hydrogen-bond acceptors (Lipinski definition) is 4. The summed E-state index contributed by atoms with van der Waals surface area (Å²) in [6, 6.07) is 0.532. The Morgan fingerprint density at radius 3 is 2.36 bits per heavy atom. The van der Waals surface area contributed by atoms with E-state index >= 15 is 0 Å². The van der Waals surface area contributed by atoms with E-state index in [0.29, 0.717) is 0 Å². The normalized spacial score (nSPS) is 16.7. The summed E-state index contributed by atoms with van der Waals surface area (Å²) in [5, 5.41) is 9.66. The van der Waals surface area contributed by atoms with Crippen LogP contribution in [0.5, 0.6) is 0 Å². The van der Waals surface area contributed by atoms with Crippen molar-refractivity contribution < 1.29 is 26.5 Å². The van der Waals surface area contributed by atoms with Gasteiger partial charge in [-0.1, -0.05) is 0 Å². The van der Waals surface area contributed by atoms with Crippen molar-refractivity contribution in [1.82, 2.24) is 4.31 Å². The number of nitro benzene ring substituents is 1. The molecular weight excluding hydrogens is 327 g/mol. The first-order valence-corrected chi connectivity index (χ1v) is 7.34. The van der Waals surface area contributed by atoms with E-state index in [4.69, 9.17) is 0 Å². The van der Waals surface area contributed by atoms with Crippen LogP contribution in [-0.4, -0.2) is 23.7 Å². The van der Waals surface area contributed by atoms with Gasteiger partial charge < -0.3 is 0 Å². The van der Waals surface area contributed by atoms with Gasteiger partial charge in [0.1, 0.15) is 0 Å². The van der Waals surface area contributed by atoms with Crippen LogP contribution in [0, 0.1) is 10.1 Å². The number of fused-ring (bicyclic) bond motifs is 1. The molecule has 0 fully saturated rings. The Kier molecular flexibility index (Phi) is 3.63. The van der Waals surface area contributed by atoms with Gasteiger partial charge in [0, 0.05) is 29.6 Å². The SMILES string of the molecule is CC(C)N1C=c2cc([N+](=O)[O-])cc(C(F)(F)F)c2=NS1(=O)=O. The summed E-state index contributed by atoms with van der Waals surface area (Å²) in [6.07, 6.45) is -4.05. The van der Waals surface area contributed by atoms with Crippen LogP contribution in [0.4, 0.5) is 18.9 Å². The van der Waals surface area contributed by atoms with Gasteiger partial charge in [-0.05, 0) is 13.8 Å². The zero-order chi connectivity index (χ0) is 16.9. The van der Waals surface area contributed by atoms with E-state index in [9.17, 15) is 31.7 Å². The Hall–Kier alpha value is -2.17. The molecule has 1 aromatic carbocycles. The molecule has 1 aliphatic heterocycles. The molecule has 7 nitrogen and oxygen atoms in total. The van der Waals surface area contributed by atoms with Crippen LogP contribution in [0.25, 0.3) is 6.20 Å². The van der Waals surface area contributed by atoms with E-state index in [1.54, 1.807) is 0 Å². The van der Waals surface area contributed by atoms with Gasteiger partial charge in [-0.2, -0.15) is 21.6 Å². The molecule has 0 spiro atoms. The smallest absolute Gasteiger partial charge is 0.258 e. The van der Waals surface area contributed by atoms with Crippen LogP contribution in [0.15, 0.2) is 16.5 Å². The summed E-state index contributed by atoms with van der Waals surface area (Å²) in [7, 11) is -4.32. The molecule has 0 atom stereocenters. The maximum atomic E-state index is 13.0. The van der Waals surface area contributed by atoms with E-state index in [-0.39, 0.29) is 11.3 Å². The second-order valence-electron chi connectivity index (χ2n) is 4.81. The number of non-ortho nitro benzene ring substituents is 1. The van der Waals surface area contributed by atoms with Crippen molar-refractivity contribution in [3.05, 3.63) is 38.4 Å². The van der Waals surface area contributed by atoms with Crippen LogP contribution in [0.1, 0.15) is 19.4 Å². The highest BCUT2D eigenvalue weighted by Crippen LogP contribution is 2.28. The average molecular weight is 337 g/mol. The fourth-order valence-electron chi connectivity index (χ4n) is 1.94. The second-order valence-corrected chi connectivity index (χ2v) is 6.31. The van der Waals surface area contributed by atoms with Crippen LogP contribution in [0.3, 0.4) is 0 Å². The first kappa shape index (κ1) is 16.2. The van der Waals surface area contributed by atoms with Gasteiger partial charge in [0.2, 0.25) is 0 Å². The van der Waals surface area contributed by atoms with E-state index in [1.165, 1.54) is 13.8 Å². The topological polar surface area (TPSA) is 92.9 Å². The van der Waals surface area contributed by atoms with Gasteiger partial charge >= 0.3 is 16.4 Å². The van der Waals surface area contributed by atoms with Gasteiger partial charge in [0.25, 0.3) is 5.69 Å². The summed E-state index contributed by atoms with van der Waals surface area (Å²) in [6.45, 7) is 2.99. The minimum Gasteiger partial charge on any atom is -0.258 e. The summed E-state index contributed by atoms with van der Waals surface area (Å²) in [5.74, 6) is 0. The quantitative estimate of drug-likeness (QED) is 0.593. The fourth-order valence-corrected chi connectivity index (χ4v) is 3.25. The Balaban J connectivity index is 2.95. The van der Waals surface area contributed by atoms with Crippen molar-refractivity contribution in [2.75, 3.05) is 0 Å². The number of halogens is 3. The van der Waals surface area contributed by atoms with Crippen LogP contribution < -0.4 is 10.6 Å². The molecule has 0 saturated carbocycles. The third-order valence-electron chi connectivity index (χ3n) is 2.89. The van der Waals surface area contributed by atoms with Gasteiger partial charge in [-0.15, -0.1) is 4.40 Å². The first-order valence-electron chi connectivity index (χ1n) is 5.94. The molecule has 1 heterocycles. The first-order chi connectivity index (χ1) is 9.93. The minimum absolute atomic E-state index is 0.273. The van der Waals surface area contributed by atoms with Gasteiger partial charge in [0.15, 0.2) is 0 Å². The summed E-state index contributed by atoms with van der Waals surface area (Å²) >= 11 is 0. The molecule has 1 aliphatic rings. The zero-order valence-corrected chi connectivity index (χ0v) is 12.1. The fraction of sp³-hybridized carbons (Fsp3) is 0.364. The Morgan fingerprint density at radius 1 is 1.32 bits per heavy atom. The molecule has 2 rings (SSSR count). The zero-order valence-electron chi connectivity index (χ0n) is 11.3. The van der Waals surface area contributed by atoms with Crippen molar-refractivity contribution in [3.8, 4) is 0 Å². The Morgan fingerprint density at radius 2 is 1.91 bits per heavy atom. The highest BCUT2D eigenvalue weighted by atomic mass is 32.2. The van der Waals surface area contributed by atoms with Gasteiger partial charge in [-0.25, -0.2) is 0 Å². The maximum absolute atomic E-state index is 13.0. The predicted molar refractivity (Wildman–Crippen MR) is 69.2 cm³/mol. The van der Waals surface area contributed by atoms with Gasteiger partial charge in [-0.3, -0.25) is 14.4 Å². The largest absolute Gasteiger partial charge is 0.418 e. The van der Waals surface area contributed by atoms with Crippen molar-refractivity contribution in [2.45, 2.75) is 26.1 Å². The van der Waals surface area contributed by atoms with E-state index in [2.05, 4.69) is 4.40 Å². The van der Waals surface area contributed by atoms with Crippen LogP contribution in [0.2, 0.25) is 0 Å². The number of hydrogen-bond donors (Lipinski definition) is 0. The van der Waals surface area contributed by atoms with E-state index in [1.807, 2.05) is 0 Å². The summed E-state index contributed by atoms with van der Waals surface area (Å²) < 4.78 is 66.8. The Labute approximate surface area is 122 Å². The standard InChI is InChI=1S/C11H10F3N3O4S/c1-6(2)16-5-7-3-8(17(18)19)4-9(11(12,13)14)10(7)15-22(16,20)21/h3-6H,1-2H3. The lowest BCUT2D eigenvalue weighted by Crippen LogP contribution is -2.44. The summed E-state index contributed by atoms with van der Waals surface area (Å²) in [4.78, 5) is 9.79. The molecule has 0 unspecified atom stereocenters. The number of alkyl halides is 3. The Bertz CT molecular complexity index is 862. The highest BCUT2D eigenvalue weighted by Gasteiger charge is 2.37. The lowest BCUT2D eigenvalue weighted by molar-refractivity contribution is -0.385. The second kappa shape index (κ2) is 4.93. The monoisotopic (exact) mass is 337 g/mol. The van der Waals surface area contributed by atoms with Crippen LogP contribution >= 0.6 is 0 Å². The predicted octanol–water partition coefficient (Wildman–Crippen LogP) is 0.940. The van der Waals surface area contributed by atoms with Gasteiger partial charge in [0.05, 0.1) is 15.8 Å². The third kappa shape index (κ3) is 2.75. The molecule has 0 aromatic heterocycles. The molecule has 0 aliphatic carbocycles. The highest BCUT2D eigenvalue weighted by molar-refractivity contribution is 7.88.